The molecule has 1 saturated carbocycles. The molecule has 2 amide bonds. The fourth-order valence-corrected chi connectivity index (χ4v) is 4.51. The number of nitrogens with one attached hydrogen (secondary N) is 2. The molecule has 8 heteroatoms. The number of halogens is 1. The molecule has 0 unspecified atom stereocenters. The first-order chi connectivity index (χ1) is 17.4. The second-order valence-corrected chi connectivity index (χ2v) is 8.94. The van der Waals surface area contributed by atoms with Gasteiger partial charge in [-0.2, -0.15) is 0 Å². The molecule has 1 aliphatic carbocycles. The lowest BCUT2D eigenvalue weighted by atomic mass is 9.85. The van der Waals surface area contributed by atoms with Crippen LogP contribution < -0.4 is 20.1 Å². The number of rotatable bonds is 8. The van der Waals surface area contributed by atoms with Crippen molar-refractivity contribution in [3.63, 3.8) is 0 Å². The van der Waals surface area contributed by atoms with Gasteiger partial charge in [0.05, 0.1) is 13.3 Å². The summed E-state index contributed by atoms with van der Waals surface area (Å²) in [5, 5.41) is 5.71. The average Bonchev–Trinajstić information content (AvgIpc) is 2.89. The molecule has 188 valence electrons. The van der Waals surface area contributed by atoms with Crippen LogP contribution in [-0.4, -0.2) is 29.9 Å². The Morgan fingerprint density at radius 3 is 2.64 bits per heavy atom. The van der Waals surface area contributed by atoms with Crippen LogP contribution in [0.25, 0.3) is 11.1 Å². The zero-order chi connectivity index (χ0) is 25.5. The average molecular weight is 492 g/mol. The van der Waals surface area contributed by atoms with Gasteiger partial charge in [-0.3, -0.25) is 9.59 Å². The molecule has 0 saturated heterocycles. The standard InChI is InChI=1S/C28H30FN3O4/c1-18(33)31-21-10-6-9-20(13-21)28(34)32-27-15-24(25(29)16-30-27)23-12-11-22(14-26(23)35-2)36-17-19-7-4-3-5-8-19/h3-5,7-8,11-12,14-16,20-21H,6,9-10,13,17H2,1-2H3,(H,31,33)(H,30,32,34)/t20-,21+/m0/s1. The first kappa shape index (κ1) is 25.2. The van der Waals surface area contributed by atoms with Crippen LogP contribution >= 0.6 is 0 Å². The van der Waals surface area contributed by atoms with E-state index in [-0.39, 0.29) is 35.2 Å². The van der Waals surface area contributed by atoms with Crippen molar-refractivity contribution in [3.8, 4) is 22.6 Å². The Morgan fingerprint density at radius 1 is 1.08 bits per heavy atom. The summed E-state index contributed by atoms with van der Waals surface area (Å²) in [6.45, 7) is 1.87. The maximum Gasteiger partial charge on any atom is 0.228 e. The van der Waals surface area contributed by atoms with Gasteiger partial charge < -0.3 is 20.1 Å². The third-order valence-electron chi connectivity index (χ3n) is 6.27. The Balaban J connectivity index is 1.48. The van der Waals surface area contributed by atoms with Gasteiger partial charge in [-0.15, -0.1) is 0 Å². The first-order valence-corrected chi connectivity index (χ1v) is 12.0. The highest BCUT2D eigenvalue weighted by molar-refractivity contribution is 5.92. The van der Waals surface area contributed by atoms with Crippen LogP contribution in [0, 0.1) is 11.7 Å². The zero-order valence-corrected chi connectivity index (χ0v) is 20.4. The summed E-state index contributed by atoms with van der Waals surface area (Å²) < 4.78 is 26.2. The van der Waals surface area contributed by atoms with Crippen molar-refractivity contribution < 1.29 is 23.5 Å². The van der Waals surface area contributed by atoms with Crippen molar-refractivity contribution in [2.24, 2.45) is 5.92 Å². The summed E-state index contributed by atoms with van der Waals surface area (Å²) in [6.07, 6.45) is 4.09. The van der Waals surface area contributed by atoms with Crippen molar-refractivity contribution >= 4 is 17.6 Å². The van der Waals surface area contributed by atoms with Gasteiger partial charge >= 0.3 is 0 Å². The number of anilines is 1. The zero-order valence-electron chi connectivity index (χ0n) is 20.4. The molecule has 2 atom stereocenters. The van der Waals surface area contributed by atoms with E-state index in [0.717, 1.165) is 31.0 Å². The Hall–Kier alpha value is -3.94. The number of nitrogens with zero attached hydrogens (tertiary/aromatic N) is 1. The number of hydrogen-bond acceptors (Lipinski definition) is 5. The van der Waals surface area contributed by atoms with Gasteiger partial charge in [-0.05, 0) is 43.0 Å². The molecular weight excluding hydrogens is 461 g/mol. The van der Waals surface area contributed by atoms with E-state index in [1.807, 2.05) is 30.3 Å². The van der Waals surface area contributed by atoms with Crippen molar-refractivity contribution in [2.75, 3.05) is 12.4 Å². The van der Waals surface area contributed by atoms with Crippen LogP contribution in [-0.2, 0) is 16.2 Å². The maximum absolute atomic E-state index is 14.8. The van der Waals surface area contributed by atoms with E-state index < -0.39 is 5.82 Å². The SMILES string of the molecule is COc1cc(OCc2ccccc2)ccc1-c1cc(NC(=O)[C@H]2CCC[C@@H](NC(C)=O)C2)ncc1F. The summed E-state index contributed by atoms with van der Waals surface area (Å²) >= 11 is 0. The lowest BCUT2D eigenvalue weighted by Crippen LogP contribution is -2.40. The minimum absolute atomic E-state index is 0.0179. The van der Waals surface area contributed by atoms with Gasteiger partial charge in [0.25, 0.3) is 0 Å². The van der Waals surface area contributed by atoms with E-state index in [0.29, 0.717) is 30.1 Å². The van der Waals surface area contributed by atoms with Gasteiger partial charge in [-0.25, -0.2) is 9.37 Å². The molecule has 1 aromatic heterocycles. The van der Waals surface area contributed by atoms with E-state index in [9.17, 15) is 14.0 Å². The maximum atomic E-state index is 14.8. The summed E-state index contributed by atoms with van der Waals surface area (Å²) in [4.78, 5) is 28.3. The fourth-order valence-electron chi connectivity index (χ4n) is 4.51. The van der Waals surface area contributed by atoms with E-state index >= 15 is 0 Å². The van der Waals surface area contributed by atoms with E-state index in [1.165, 1.54) is 20.1 Å². The lowest BCUT2D eigenvalue weighted by molar-refractivity contribution is -0.123. The van der Waals surface area contributed by atoms with Crippen molar-refractivity contribution in [3.05, 3.63) is 72.2 Å². The molecule has 3 aromatic rings. The summed E-state index contributed by atoms with van der Waals surface area (Å²) in [6, 6.07) is 16.5. The number of aromatic nitrogens is 1. The van der Waals surface area contributed by atoms with Gasteiger partial charge in [-0.1, -0.05) is 36.8 Å². The molecule has 0 bridgehead atoms. The van der Waals surface area contributed by atoms with Crippen molar-refractivity contribution in [1.82, 2.24) is 10.3 Å². The van der Waals surface area contributed by atoms with E-state index in [2.05, 4.69) is 15.6 Å². The highest BCUT2D eigenvalue weighted by Gasteiger charge is 2.28. The second kappa shape index (κ2) is 11.7. The molecule has 1 aliphatic rings. The Kier molecular flexibility index (Phi) is 8.15. The largest absolute Gasteiger partial charge is 0.496 e. The van der Waals surface area contributed by atoms with Crippen LogP contribution in [0.4, 0.5) is 10.2 Å². The van der Waals surface area contributed by atoms with Crippen LogP contribution in [0.3, 0.4) is 0 Å². The molecule has 2 aromatic carbocycles. The number of pyridine rings is 1. The Bertz CT molecular complexity index is 1220. The Labute approximate surface area is 210 Å². The number of benzene rings is 2. The molecule has 1 fully saturated rings. The molecule has 0 radical (unpaired) electrons. The van der Waals surface area contributed by atoms with Gasteiger partial charge in [0.15, 0.2) is 0 Å². The molecule has 7 nitrogen and oxygen atoms in total. The number of carbonyl (C=O) groups is 2. The number of ether oxygens (including phenoxy) is 2. The summed E-state index contributed by atoms with van der Waals surface area (Å²) in [5.74, 6) is 0.212. The topological polar surface area (TPSA) is 89.5 Å². The molecule has 2 N–H and O–H groups in total. The molecule has 1 heterocycles. The van der Waals surface area contributed by atoms with Crippen LogP contribution in [0.2, 0.25) is 0 Å². The predicted molar refractivity (Wildman–Crippen MR) is 135 cm³/mol. The van der Waals surface area contributed by atoms with Crippen LogP contribution in [0.1, 0.15) is 38.2 Å². The minimum atomic E-state index is -0.535. The smallest absolute Gasteiger partial charge is 0.228 e. The third kappa shape index (κ3) is 6.38. The molecule has 0 spiro atoms. The second-order valence-electron chi connectivity index (χ2n) is 8.94. The van der Waals surface area contributed by atoms with Crippen molar-refractivity contribution in [1.29, 1.82) is 0 Å². The van der Waals surface area contributed by atoms with Crippen LogP contribution in [0.15, 0.2) is 60.8 Å². The highest BCUT2D eigenvalue weighted by atomic mass is 19.1. The monoisotopic (exact) mass is 491 g/mol. The minimum Gasteiger partial charge on any atom is -0.496 e. The number of carbonyl (C=O) groups excluding carboxylic acids is 2. The van der Waals surface area contributed by atoms with Crippen LogP contribution in [0.5, 0.6) is 11.5 Å². The van der Waals surface area contributed by atoms with Gasteiger partial charge in [0.1, 0.15) is 29.7 Å². The first-order valence-electron chi connectivity index (χ1n) is 12.0. The summed E-state index contributed by atoms with van der Waals surface area (Å²) in [5.41, 5.74) is 1.80. The Morgan fingerprint density at radius 2 is 1.89 bits per heavy atom. The molecular formula is C28H30FN3O4. The third-order valence-corrected chi connectivity index (χ3v) is 6.27. The predicted octanol–water partition coefficient (Wildman–Crippen LogP) is 5.11. The fraction of sp³-hybridized carbons (Fsp3) is 0.321. The van der Waals surface area contributed by atoms with Crippen molar-refractivity contribution in [2.45, 2.75) is 45.3 Å². The van der Waals surface area contributed by atoms with E-state index in [1.54, 1.807) is 18.2 Å². The van der Waals surface area contributed by atoms with Gasteiger partial charge in [0.2, 0.25) is 11.8 Å². The quantitative estimate of drug-likeness (QED) is 0.457. The summed E-state index contributed by atoms with van der Waals surface area (Å²) in [7, 11) is 1.51. The molecule has 36 heavy (non-hydrogen) atoms. The normalized spacial score (nSPS) is 17.2. The highest BCUT2D eigenvalue weighted by Crippen LogP contribution is 2.36. The number of hydrogen-bond donors (Lipinski definition) is 2. The number of amides is 2. The van der Waals surface area contributed by atoms with Gasteiger partial charge in [0, 0.05) is 36.1 Å². The molecule has 4 rings (SSSR count). The van der Waals surface area contributed by atoms with E-state index in [4.69, 9.17) is 9.47 Å². The lowest BCUT2D eigenvalue weighted by Gasteiger charge is -2.28. The number of methoxy groups -OCH3 is 1. The molecule has 0 aliphatic heterocycles.